The van der Waals surface area contributed by atoms with Crippen LogP contribution in [0.5, 0.6) is 5.75 Å². The predicted molar refractivity (Wildman–Crippen MR) is 114 cm³/mol. The molecule has 0 saturated heterocycles. The van der Waals surface area contributed by atoms with Gasteiger partial charge in [0.05, 0.1) is 21.6 Å². The van der Waals surface area contributed by atoms with E-state index in [9.17, 15) is 8.42 Å². The van der Waals surface area contributed by atoms with Crippen molar-refractivity contribution in [3.63, 3.8) is 0 Å². The van der Waals surface area contributed by atoms with Crippen molar-refractivity contribution < 1.29 is 13.2 Å². The van der Waals surface area contributed by atoms with Crippen LogP contribution >= 0.6 is 11.6 Å². The molecule has 0 unspecified atom stereocenters. The Morgan fingerprint density at radius 2 is 1.76 bits per heavy atom. The van der Waals surface area contributed by atoms with E-state index >= 15 is 0 Å². The normalized spacial score (nSPS) is 19.7. The molecule has 3 rings (SSSR count). The zero-order chi connectivity index (χ0) is 21.0. The largest absolute Gasteiger partial charge is 0.490 e. The van der Waals surface area contributed by atoms with Gasteiger partial charge in [0.15, 0.2) is 0 Å². The lowest BCUT2D eigenvalue weighted by Gasteiger charge is -2.29. The molecule has 0 atom stereocenters. The Labute approximate surface area is 177 Å². The lowest BCUT2D eigenvalue weighted by molar-refractivity contribution is 0.144. The van der Waals surface area contributed by atoms with Gasteiger partial charge in [-0.3, -0.25) is 0 Å². The Balaban J connectivity index is 1.55. The highest BCUT2D eigenvalue weighted by Crippen LogP contribution is 2.28. The quantitative estimate of drug-likeness (QED) is 0.696. The molecule has 5 nitrogen and oxygen atoms in total. The van der Waals surface area contributed by atoms with Crippen LogP contribution in [0.2, 0.25) is 5.02 Å². The summed E-state index contributed by atoms with van der Waals surface area (Å²) < 4.78 is 34.1. The Kier molecular flexibility index (Phi) is 6.84. The second kappa shape index (κ2) is 9.17. The Hall–Kier alpha value is -2.07. The first-order chi connectivity index (χ1) is 13.8. The van der Waals surface area contributed by atoms with Gasteiger partial charge in [0.25, 0.3) is 0 Å². The molecule has 1 aliphatic carbocycles. The smallest absolute Gasteiger partial charge is 0.240 e. The second-order valence-corrected chi connectivity index (χ2v) is 9.81. The maximum atomic E-state index is 12.7. The number of rotatable bonds is 6. The minimum atomic E-state index is -3.53. The fourth-order valence-electron chi connectivity index (χ4n) is 3.47. The summed E-state index contributed by atoms with van der Waals surface area (Å²) in [4.78, 5) is 0.299. The van der Waals surface area contributed by atoms with Gasteiger partial charge in [-0.05, 0) is 61.4 Å². The van der Waals surface area contributed by atoms with E-state index in [0.29, 0.717) is 40.0 Å². The fourth-order valence-corrected chi connectivity index (χ4v) is 4.99. The van der Waals surface area contributed by atoms with Crippen LogP contribution in [0.1, 0.15) is 56.6 Å². The molecule has 0 amide bonds. The van der Waals surface area contributed by atoms with Gasteiger partial charge in [0, 0.05) is 12.1 Å². The van der Waals surface area contributed by atoms with Crippen LogP contribution in [0, 0.1) is 11.3 Å². The highest BCUT2D eigenvalue weighted by Gasteiger charge is 2.26. The zero-order valence-electron chi connectivity index (χ0n) is 16.6. The molecular weight excluding hydrogens is 408 g/mol. The van der Waals surface area contributed by atoms with Crippen LogP contribution in [0.25, 0.3) is 0 Å². The van der Waals surface area contributed by atoms with Crippen LogP contribution in [0.4, 0.5) is 0 Å². The van der Waals surface area contributed by atoms with Crippen LogP contribution in [-0.4, -0.2) is 20.6 Å². The van der Waals surface area contributed by atoms with Gasteiger partial charge in [-0.15, -0.1) is 0 Å². The molecule has 1 saturated carbocycles. The third-order valence-corrected chi connectivity index (χ3v) is 7.07. The molecule has 0 bridgehead atoms. The van der Waals surface area contributed by atoms with E-state index < -0.39 is 10.0 Å². The van der Waals surface area contributed by atoms with E-state index in [4.69, 9.17) is 21.6 Å². The van der Waals surface area contributed by atoms with Crippen LogP contribution in [0.15, 0.2) is 47.4 Å². The van der Waals surface area contributed by atoms with Crippen molar-refractivity contribution in [2.24, 2.45) is 0 Å². The molecule has 7 heteroatoms. The number of hydrogen-bond donors (Lipinski definition) is 1. The number of benzene rings is 2. The maximum Gasteiger partial charge on any atom is 0.240 e. The highest BCUT2D eigenvalue weighted by molar-refractivity contribution is 7.89. The number of halogens is 1. The average Bonchev–Trinajstić information content (AvgIpc) is 2.69. The molecule has 0 heterocycles. The number of nitrogens with zero attached hydrogens (tertiary/aromatic N) is 1. The predicted octanol–water partition coefficient (Wildman–Crippen LogP) is 5.00. The van der Waals surface area contributed by atoms with E-state index in [1.807, 2.05) is 18.2 Å². The molecule has 1 N–H and O–H groups in total. The van der Waals surface area contributed by atoms with Gasteiger partial charge in [-0.1, -0.05) is 37.6 Å². The van der Waals surface area contributed by atoms with Crippen molar-refractivity contribution in [1.29, 1.82) is 5.26 Å². The number of hydrogen-bond acceptors (Lipinski definition) is 4. The van der Waals surface area contributed by atoms with Crippen molar-refractivity contribution >= 4 is 21.6 Å². The molecule has 0 spiro atoms. The van der Waals surface area contributed by atoms with Gasteiger partial charge in [-0.25, -0.2) is 13.1 Å². The molecule has 2 aromatic rings. The van der Waals surface area contributed by atoms with Crippen molar-refractivity contribution in [2.45, 2.75) is 62.5 Å². The first kappa shape index (κ1) is 21.6. The van der Waals surface area contributed by atoms with Gasteiger partial charge in [0.1, 0.15) is 11.8 Å². The minimum Gasteiger partial charge on any atom is -0.490 e. The summed E-state index contributed by atoms with van der Waals surface area (Å²) in [5.74, 6) is 0.990. The van der Waals surface area contributed by atoms with Gasteiger partial charge in [0.2, 0.25) is 10.0 Å². The lowest BCUT2D eigenvalue weighted by atomic mass is 9.93. The summed E-state index contributed by atoms with van der Waals surface area (Å²) in [5.41, 5.74) is 1.53. The molecule has 0 radical (unpaired) electrons. The molecule has 0 aliphatic heterocycles. The first-order valence-electron chi connectivity index (χ1n) is 9.77. The fraction of sp³-hybridized carbons (Fsp3) is 0.409. The number of sulfonamides is 1. The molecular formula is C22H25ClN2O3S. The third kappa shape index (κ3) is 5.51. The second-order valence-electron chi connectivity index (χ2n) is 7.69. The average molecular weight is 433 g/mol. The summed E-state index contributed by atoms with van der Waals surface area (Å²) in [6.07, 6.45) is 2.91. The van der Waals surface area contributed by atoms with Crippen molar-refractivity contribution in [3.8, 4) is 11.8 Å². The van der Waals surface area contributed by atoms with Crippen LogP contribution in [-0.2, 0) is 10.0 Å². The molecule has 29 heavy (non-hydrogen) atoms. The van der Waals surface area contributed by atoms with E-state index in [2.05, 4.69) is 18.6 Å². The molecule has 2 aromatic carbocycles. The van der Waals surface area contributed by atoms with E-state index in [1.165, 1.54) is 0 Å². The molecule has 1 fully saturated rings. The Morgan fingerprint density at radius 3 is 2.31 bits per heavy atom. The highest BCUT2D eigenvalue weighted by atomic mass is 35.5. The lowest BCUT2D eigenvalue weighted by Crippen LogP contribution is -2.39. The number of nitrogens with one attached hydrogen (secondary N) is 1. The summed E-state index contributed by atoms with van der Waals surface area (Å²) in [6.45, 7) is 4.15. The number of nitriles is 1. The molecule has 154 valence electrons. The topological polar surface area (TPSA) is 79.2 Å². The van der Waals surface area contributed by atoms with E-state index in [-0.39, 0.29) is 12.1 Å². The van der Waals surface area contributed by atoms with Gasteiger partial charge in [-0.2, -0.15) is 5.26 Å². The summed E-state index contributed by atoms with van der Waals surface area (Å²) in [6, 6.07) is 14.0. The van der Waals surface area contributed by atoms with Crippen molar-refractivity contribution in [2.75, 3.05) is 0 Å². The zero-order valence-corrected chi connectivity index (χ0v) is 18.1. The monoisotopic (exact) mass is 432 g/mol. The number of ether oxygens (including phenoxy) is 1. The van der Waals surface area contributed by atoms with Gasteiger partial charge < -0.3 is 4.74 Å². The Morgan fingerprint density at radius 1 is 1.10 bits per heavy atom. The maximum absolute atomic E-state index is 12.7. The van der Waals surface area contributed by atoms with Crippen molar-refractivity contribution in [1.82, 2.24) is 4.72 Å². The molecule has 0 aromatic heterocycles. The summed E-state index contributed by atoms with van der Waals surface area (Å²) in [5, 5.41) is 9.31. The van der Waals surface area contributed by atoms with Crippen molar-refractivity contribution in [3.05, 3.63) is 58.6 Å². The SMILES string of the molecule is CC(C)c1ccc(S(=O)(=O)N[C@H]2CC[C@H](Oc3ccc(C#N)c(Cl)c3)CC2)cc1. The Bertz CT molecular complexity index is 990. The van der Waals surface area contributed by atoms with Crippen LogP contribution < -0.4 is 9.46 Å². The minimum absolute atomic E-state index is 0.00471. The third-order valence-electron chi connectivity index (χ3n) is 5.22. The summed E-state index contributed by atoms with van der Waals surface area (Å²) >= 11 is 6.05. The van der Waals surface area contributed by atoms with Crippen LogP contribution in [0.3, 0.4) is 0 Å². The van der Waals surface area contributed by atoms with Gasteiger partial charge >= 0.3 is 0 Å². The van der Waals surface area contributed by atoms with E-state index in [0.717, 1.165) is 18.4 Å². The molecule has 1 aliphatic rings. The van der Waals surface area contributed by atoms with E-state index in [1.54, 1.807) is 30.3 Å². The standard InChI is InChI=1S/C22H25ClN2O3S/c1-15(2)16-4-11-21(12-5-16)29(26,27)25-18-6-9-19(10-7-18)28-20-8-3-17(14-24)22(23)13-20/h3-5,8,11-13,15,18-19,25H,6-7,9-10H2,1-2H3/t18-,19-. The summed E-state index contributed by atoms with van der Waals surface area (Å²) in [7, 11) is -3.53. The first-order valence-corrected chi connectivity index (χ1v) is 11.6.